The third kappa shape index (κ3) is 3.55. The van der Waals surface area contributed by atoms with Crippen LogP contribution < -0.4 is 15.4 Å². The predicted octanol–water partition coefficient (Wildman–Crippen LogP) is 3.93. The summed E-state index contributed by atoms with van der Waals surface area (Å²) in [5.41, 5.74) is 1.82. The van der Waals surface area contributed by atoms with Crippen molar-refractivity contribution in [3.05, 3.63) is 34.6 Å². The molecule has 0 aliphatic rings. The van der Waals surface area contributed by atoms with E-state index in [1.54, 1.807) is 7.11 Å². The summed E-state index contributed by atoms with van der Waals surface area (Å²) in [6, 6.07) is 5.53. The number of rotatable bonds is 5. The number of ether oxygens (including phenoxy) is 1. The molecule has 0 atom stereocenters. The fourth-order valence-corrected chi connectivity index (χ4v) is 2.23. The zero-order chi connectivity index (χ0) is 15.4. The Bertz CT molecular complexity index is 646. The van der Waals surface area contributed by atoms with Gasteiger partial charge in [0.05, 0.1) is 12.1 Å². The summed E-state index contributed by atoms with van der Waals surface area (Å²) in [5, 5.41) is 7.06. The van der Waals surface area contributed by atoms with E-state index in [-0.39, 0.29) is 0 Å². The maximum Gasteiger partial charge on any atom is 0.139 e. The van der Waals surface area contributed by atoms with Crippen molar-refractivity contribution in [1.82, 2.24) is 9.97 Å². The predicted molar refractivity (Wildman–Crippen MR) is 87.0 cm³/mol. The first kappa shape index (κ1) is 15.4. The van der Waals surface area contributed by atoms with Gasteiger partial charge in [0.25, 0.3) is 0 Å². The number of hydrogen-bond acceptors (Lipinski definition) is 5. The lowest BCUT2D eigenvalue weighted by Gasteiger charge is -2.14. The number of benzene rings is 1. The van der Waals surface area contributed by atoms with Gasteiger partial charge in [-0.2, -0.15) is 0 Å². The summed E-state index contributed by atoms with van der Waals surface area (Å²) < 4.78 is 5.15. The molecule has 1 heterocycles. The Kier molecular flexibility index (Phi) is 4.85. The van der Waals surface area contributed by atoms with E-state index in [0.717, 1.165) is 29.4 Å². The number of nitrogens with one attached hydrogen (secondary N) is 2. The second kappa shape index (κ2) is 6.63. The van der Waals surface area contributed by atoms with Gasteiger partial charge in [0.15, 0.2) is 0 Å². The van der Waals surface area contributed by atoms with Crippen molar-refractivity contribution in [3.63, 3.8) is 0 Å². The maximum atomic E-state index is 6.14. The molecule has 112 valence electrons. The van der Waals surface area contributed by atoms with Crippen LogP contribution in [-0.2, 0) is 0 Å². The van der Waals surface area contributed by atoms with E-state index in [2.05, 4.69) is 20.6 Å². The molecule has 2 aromatic rings. The summed E-state index contributed by atoms with van der Waals surface area (Å²) in [6.07, 6.45) is 0. The number of anilines is 3. The highest BCUT2D eigenvalue weighted by Crippen LogP contribution is 2.30. The third-order valence-electron chi connectivity index (χ3n) is 3.02. The minimum atomic E-state index is 0.554. The van der Waals surface area contributed by atoms with Crippen LogP contribution in [0.1, 0.15) is 18.3 Å². The highest BCUT2D eigenvalue weighted by molar-refractivity contribution is 6.32. The van der Waals surface area contributed by atoms with Gasteiger partial charge in [0.1, 0.15) is 23.2 Å². The minimum Gasteiger partial charge on any atom is -0.495 e. The quantitative estimate of drug-likeness (QED) is 0.876. The highest BCUT2D eigenvalue weighted by Gasteiger charge is 2.10. The third-order valence-corrected chi connectivity index (χ3v) is 3.31. The molecule has 5 nitrogen and oxygen atoms in total. The summed E-state index contributed by atoms with van der Waals surface area (Å²) in [7, 11) is 1.59. The van der Waals surface area contributed by atoms with E-state index in [4.69, 9.17) is 16.3 Å². The molecule has 0 radical (unpaired) electrons. The molecule has 0 saturated carbocycles. The van der Waals surface area contributed by atoms with Gasteiger partial charge in [-0.1, -0.05) is 11.6 Å². The molecule has 0 fully saturated rings. The number of nitrogens with zero attached hydrogens (tertiary/aromatic N) is 2. The van der Waals surface area contributed by atoms with Crippen LogP contribution in [0.15, 0.2) is 18.2 Å². The molecular weight excluding hydrogens is 288 g/mol. The summed E-state index contributed by atoms with van der Waals surface area (Å²) in [4.78, 5) is 8.85. The zero-order valence-corrected chi connectivity index (χ0v) is 13.4. The van der Waals surface area contributed by atoms with E-state index < -0.39 is 0 Å². The second-order valence-electron chi connectivity index (χ2n) is 4.60. The Morgan fingerprint density at radius 2 is 1.90 bits per heavy atom. The number of halogens is 1. The number of aryl methyl sites for hydroxylation is 1. The minimum absolute atomic E-state index is 0.554. The van der Waals surface area contributed by atoms with Gasteiger partial charge >= 0.3 is 0 Å². The van der Waals surface area contributed by atoms with E-state index in [9.17, 15) is 0 Å². The Hall–Kier alpha value is -2.01. The van der Waals surface area contributed by atoms with Crippen LogP contribution in [0.25, 0.3) is 0 Å². The second-order valence-corrected chi connectivity index (χ2v) is 5.00. The Balaban J connectivity index is 2.32. The number of aromatic nitrogens is 2. The van der Waals surface area contributed by atoms with Crippen LogP contribution in [0.4, 0.5) is 17.3 Å². The normalized spacial score (nSPS) is 10.3. The molecule has 1 aromatic heterocycles. The van der Waals surface area contributed by atoms with Gasteiger partial charge in [-0.25, -0.2) is 9.97 Å². The van der Waals surface area contributed by atoms with Crippen molar-refractivity contribution >= 4 is 28.9 Å². The van der Waals surface area contributed by atoms with E-state index in [1.165, 1.54) is 0 Å². The van der Waals surface area contributed by atoms with Gasteiger partial charge in [-0.05, 0) is 39.0 Å². The number of hydrogen-bond donors (Lipinski definition) is 2. The van der Waals surface area contributed by atoms with Crippen LogP contribution >= 0.6 is 11.6 Å². The van der Waals surface area contributed by atoms with Gasteiger partial charge < -0.3 is 15.4 Å². The molecular formula is C15H19ClN4O. The SMILES string of the molecule is CCNc1nc(C)nc(Nc2ccc(OC)c(Cl)c2)c1C. The van der Waals surface area contributed by atoms with Crippen LogP contribution in [0, 0.1) is 13.8 Å². The standard InChI is InChI=1S/C15H19ClN4O/c1-5-17-14-9(2)15(19-10(3)18-14)20-11-6-7-13(21-4)12(16)8-11/h6-8H,5H2,1-4H3,(H2,17,18,19,20). The fourth-order valence-electron chi connectivity index (χ4n) is 1.97. The van der Waals surface area contributed by atoms with Crippen molar-refractivity contribution in [2.24, 2.45) is 0 Å². The first-order valence-corrected chi connectivity index (χ1v) is 7.12. The molecule has 6 heteroatoms. The molecule has 0 amide bonds. The lowest BCUT2D eigenvalue weighted by molar-refractivity contribution is 0.415. The molecule has 0 spiro atoms. The first-order chi connectivity index (χ1) is 10.0. The molecule has 0 aliphatic carbocycles. The molecule has 0 saturated heterocycles. The van der Waals surface area contributed by atoms with Crippen molar-refractivity contribution in [1.29, 1.82) is 0 Å². The van der Waals surface area contributed by atoms with Crippen LogP contribution in [-0.4, -0.2) is 23.6 Å². The van der Waals surface area contributed by atoms with Crippen molar-refractivity contribution in [2.45, 2.75) is 20.8 Å². The Labute approximate surface area is 129 Å². The zero-order valence-electron chi connectivity index (χ0n) is 12.6. The van der Waals surface area contributed by atoms with E-state index in [1.807, 2.05) is 39.0 Å². The van der Waals surface area contributed by atoms with E-state index >= 15 is 0 Å². The Morgan fingerprint density at radius 3 is 2.52 bits per heavy atom. The summed E-state index contributed by atoms with van der Waals surface area (Å²) in [6.45, 7) is 6.69. The topological polar surface area (TPSA) is 59.1 Å². The lowest BCUT2D eigenvalue weighted by Crippen LogP contribution is -2.07. The Morgan fingerprint density at radius 1 is 1.19 bits per heavy atom. The van der Waals surface area contributed by atoms with Gasteiger partial charge in [-0.15, -0.1) is 0 Å². The van der Waals surface area contributed by atoms with Crippen LogP contribution in [0.5, 0.6) is 5.75 Å². The van der Waals surface area contributed by atoms with Crippen molar-refractivity contribution < 1.29 is 4.74 Å². The molecule has 2 rings (SSSR count). The van der Waals surface area contributed by atoms with Gasteiger partial charge in [0.2, 0.25) is 0 Å². The average Bonchev–Trinajstić information content (AvgIpc) is 2.44. The molecule has 0 aliphatic heterocycles. The number of methoxy groups -OCH3 is 1. The molecule has 0 unspecified atom stereocenters. The van der Waals surface area contributed by atoms with Crippen LogP contribution in [0.2, 0.25) is 5.02 Å². The molecule has 1 aromatic carbocycles. The lowest BCUT2D eigenvalue weighted by atomic mass is 10.2. The highest BCUT2D eigenvalue weighted by atomic mass is 35.5. The maximum absolute atomic E-state index is 6.14. The fraction of sp³-hybridized carbons (Fsp3) is 0.333. The van der Waals surface area contributed by atoms with Crippen molar-refractivity contribution in [3.8, 4) is 5.75 Å². The monoisotopic (exact) mass is 306 g/mol. The summed E-state index contributed by atoms with van der Waals surface area (Å²) >= 11 is 6.14. The smallest absolute Gasteiger partial charge is 0.139 e. The van der Waals surface area contributed by atoms with Gasteiger partial charge in [0, 0.05) is 17.8 Å². The van der Waals surface area contributed by atoms with Crippen molar-refractivity contribution in [2.75, 3.05) is 24.3 Å². The molecule has 21 heavy (non-hydrogen) atoms. The summed E-state index contributed by atoms with van der Waals surface area (Å²) in [5.74, 6) is 2.96. The molecule has 2 N–H and O–H groups in total. The largest absolute Gasteiger partial charge is 0.495 e. The van der Waals surface area contributed by atoms with Gasteiger partial charge in [-0.3, -0.25) is 0 Å². The van der Waals surface area contributed by atoms with E-state index in [0.29, 0.717) is 16.6 Å². The average molecular weight is 307 g/mol. The van der Waals surface area contributed by atoms with Crippen LogP contribution in [0.3, 0.4) is 0 Å². The first-order valence-electron chi connectivity index (χ1n) is 6.74. The molecule has 0 bridgehead atoms.